The molecule has 4 heteroatoms. The van der Waals surface area contributed by atoms with Crippen molar-refractivity contribution in [2.75, 3.05) is 26.8 Å². The van der Waals surface area contributed by atoms with E-state index in [4.69, 9.17) is 4.74 Å². The van der Waals surface area contributed by atoms with Crippen LogP contribution in [0.3, 0.4) is 0 Å². The Morgan fingerprint density at radius 3 is 3.22 bits per heavy atom. The highest BCUT2D eigenvalue weighted by Crippen LogP contribution is 2.38. The minimum atomic E-state index is -0.757. The molecule has 0 aliphatic heterocycles. The van der Waals surface area contributed by atoms with Gasteiger partial charge in [-0.25, -0.2) is 0 Å². The maximum absolute atomic E-state index is 10.6. The first-order valence-electron chi connectivity index (χ1n) is 6.51. The van der Waals surface area contributed by atoms with Gasteiger partial charge in [-0.15, -0.1) is 0 Å². The Labute approximate surface area is 108 Å². The number of ether oxygens (including phenoxy) is 1. The lowest BCUT2D eigenvalue weighted by Gasteiger charge is -2.30. The average Bonchev–Trinajstić information content (AvgIpc) is 2.79. The molecular weight excluding hydrogens is 228 g/mol. The quantitative estimate of drug-likeness (QED) is 0.742. The second kappa shape index (κ2) is 5.78. The normalized spacial score (nSPS) is 21.6. The summed E-state index contributed by atoms with van der Waals surface area (Å²) in [6, 6.07) is 4.07. The third-order valence-electron chi connectivity index (χ3n) is 3.68. The van der Waals surface area contributed by atoms with Crippen molar-refractivity contribution in [3.63, 3.8) is 0 Å². The molecule has 0 aromatic carbocycles. The summed E-state index contributed by atoms with van der Waals surface area (Å²) < 4.78 is 4.98. The molecule has 0 amide bonds. The van der Waals surface area contributed by atoms with Gasteiger partial charge in [-0.2, -0.15) is 0 Å². The standard InChI is InChI=1S/C14H22N2O2/c1-14(17,10-15-8-9-18-2)12-6-5-11-4-3-7-16-13(11)12/h3-4,7,12,15,17H,5-6,8-10H2,1-2H3. The SMILES string of the molecule is COCCNCC(C)(O)C1CCc2cccnc21. The lowest BCUT2D eigenvalue weighted by Crippen LogP contribution is -2.43. The van der Waals surface area contributed by atoms with Crippen LogP contribution in [0, 0.1) is 0 Å². The van der Waals surface area contributed by atoms with Gasteiger partial charge in [0.1, 0.15) is 0 Å². The summed E-state index contributed by atoms with van der Waals surface area (Å²) >= 11 is 0. The van der Waals surface area contributed by atoms with Gasteiger partial charge in [0.15, 0.2) is 0 Å². The zero-order chi connectivity index (χ0) is 13.0. The Balaban J connectivity index is 1.98. The largest absolute Gasteiger partial charge is 0.388 e. The number of nitrogens with zero attached hydrogens (tertiary/aromatic N) is 1. The van der Waals surface area contributed by atoms with Crippen molar-refractivity contribution in [2.24, 2.45) is 0 Å². The molecule has 0 bridgehead atoms. The first kappa shape index (κ1) is 13.5. The number of aliphatic hydroxyl groups is 1. The van der Waals surface area contributed by atoms with Gasteiger partial charge in [-0.1, -0.05) is 6.07 Å². The molecule has 4 nitrogen and oxygen atoms in total. The van der Waals surface area contributed by atoms with Crippen LogP contribution in [0.25, 0.3) is 0 Å². The van der Waals surface area contributed by atoms with Crippen molar-refractivity contribution in [1.82, 2.24) is 10.3 Å². The monoisotopic (exact) mass is 250 g/mol. The van der Waals surface area contributed by atoms with Crippen molar-refractivity contribution < 1.29 is 9.84 Å². The van der Waals surface area contributed by atoms with E-state index in [9.17, 15) is 5.11 Å². The fraction of sp³-hybridized carbons (Fsp3) is 0.643. The molecule has 1 aromatic heterocycles. The van der Waals surface area contributed by atoms with Crippen LogP contribution in [-0.2, 0) is 11.2 Å². The highest BCUT2D eigenvalue weighted by molar-refractivity contribution is 5.31. The van der Waals surface area contributed by atoms with E-state index in [0.717, 1.165) is 25.1 Å². The van der Waals surface area contributed by atoms with Gasteiger partial charge in [-0.3, -0.25) is 4.98 Å². The number of hydrogen-bond acceptors (Lipinski definition) is 4. The molecule has 0 fully saturated rings. The molecule has 0 radical (unpaired) electrons. The molecule has 0 saturated heterocycles. The van der Waals surface area contributed by atoms with E-state index in [1.807, 2.05) is 19.2 Å². The molecule has 2 atom stereocenters. The predicted molar refractivity (Wildman–Crippen MR) is 70.7 cm³/mol. The van der Waals surface area contributed by atoms with E-state index in [2.05, 4.69) is 16.4 Å². The number of pyridine rings is 1. The smallest absolute Gasteiger partial charge is 0.0826 e. The number of hydrogen-bond donors (Lipinski definition) is 2. The first-order valence-corrected chi connectivity index (χ1v) is 6.51. The molecular formula is C14H22N2O2. The van der Waals surface area contributed by atoms with Crippen molar-refractivity contribution in [3.8, 4) is 0 Å². The summed E-state index contributed by atoms with van der Waals surface area (Å²) in [6.45, 7) is 3.88. The highest BCUT2D eigenvalue weighted by atomic mass is 16.5. The number of aryl methyl sites for hydroxylation is 1. The predicted octanol–water partition coefficient (Wildman–Crippen LogP) is 1.10. The van der Waals surface area contributed by atoms with Gasteiger partial charge < -0.3 is 15.2 Å². The third kappa shape index (κ3) is 2.88. The lowest BCUT2D eigenvalue weighted by molar-refractivity contribution is 0.0286. The van der Waals surface area contributed by atoms with Crippen molar-refractivity contribution in [1.29, 1.82) is 0 Å². The molecule has 0 spiro atoms. The molecule has 2 N–H and O–H groups in total. The van der Waals surface area contributed by atoms with Crippen LogP contribution in [-0.4, -0.2) is 42.5 Å². The van der Waals surface area contributed by atoms with Gasteiger partial charge in [0, 0.05) is 38.0 Å². The van der Waals surface area contributed by atoms with Crippen LogP contribution in [0.5, 0.6) is 0 Å². The fourth-order valence-electron chi connectivity index (χ4n) is 2.66. The van der Waals surface area contributed by atoms with Gasteiger partial charge >= 0.3 is 0 Å². The Kier molecular flexibility index (Phi) is 4.32. The summed E-state index contributed by atoms with van der Waals surface area (Å²) in [4.78, 5) is 4.44. The Morgan fingerprint density at radius 1 is 1.61 bits per heavy atom. The maximum atomic E-state index is 10.6. The minimum Gasteiger partial charge on any atom is -0.388 e. The Hall–Kier alpha value is -0.970. The van der Waals surface area contributed by atoms with Crippen LogP contribution < -0.4 is 5.32 Å². The van der Waals surface area contributed by atoms with E-state index in [0.29, 0.717) is 13.2 Å². The third-order valence-corrected chi connectivity index (χ3v) is 3.68. The number of nitrogens with one attached hydrogen (secondary N) is 1. The molecule has 100 valence electrons. The van der Waals surface area contributed by atoms with Crippen molar-refractivity contribution in [3.05, 3.63) is 29.6 Å². The van der Waals surface area contributed by atoms with Gasteiger partial charge in [-0.05, 0) is 31.4 Å². The van der Waals surface area contributed by atoms with Crippen LogP contribution in [0.1, 0.15) is 30.5 Å². The zero-order valence-corrected chi connectivity index (χ0v) is 11.1. The number of methoxy groups -OCH3 is 1. The van der Waals surface area contributed by atoms with Crippen molar-refractivity contribution in [2.45, 2.75) is 31.3 Å². The summed E-state index contributed by atoms with van der Waals surface area (Å²) in [7, 11) is 1.68. The van der Waals surface area contributed by atoms with Crippen LogP contribution in [0.2, 0.25) is 0 Å². The van der Waals surface area contributed by atoms with Gasteiger partial charge in [0.2, 0.25) is 0 Å². The second-order valence-electron chi connectivity index (χ2n) is 5.17. The number of aromatic nitrogens is 1. The molecule has 0 saturated carbocycles. The molecule has 1 aliphatic carbocycles. The maximum Gasteiger partial charge on any atom is 0.0826 e. The summed E-state index contributed by atoms with van der Waals surface area (Å²) in [5.41, 5.74) is 1.59. The molecule has 1 aromatic rings. The number of fused-ring (bicyclic) bond motifs is 1. The van der Waals surface area contributed by atoms with Crippen LogP contribution >= 0.6 is 0 Å². The Morgan fingerprint density at radius 2 is 2.44 bits per heavy atom. The van der Waals surface area contributed by atoms with E-state index in [1.54, 1.807) is 7.11 Å². The summed E-state index contributed by atoms with van der Waals surface area (Å²) in [5, 5.41) is 13.8. The molecule has 1 heterocycles. The first-order chi connectivity index (χ1) is 8.65. The van der Waals surface area contributed by atoms with Crippen molar-refractivity contribution >= 4 is 0 Å². The molecule has 2 unspecified atom stereocenters. The molecule has 2 rings (SSSR count). The summed E-state index contributed by atoms with van der Waals surface area (Å²) in [5.74, 6) is 0.128. The average molecular weight is 250 g/mol. The minimum absolute atomic E-state index is 0.128. The topological polar surface area (TPSA) is 54.4 Å². The zero-order valence-electron chi connectivity index (χ0n) is 11.1. The molecule has 1 aliphatic rings. The Bertz CT molecular complexity index is 393. The summed E-state index contributed by atoms with van der Waals surface area (Å²) in [6.07, 6.45) is 3.80. The van der Waals surface area contributed by atoms with Crippen LogP contribution in [0.15, 0.2) is 18.3 Å². The van der Waals surface area contributed by atoms with E-state index in [1.165, 1.54) is 5.56 Å². The van der Waals surface area contributed by atoms with E-state index < -0.39 is 5.60 Å². The number of rotatable bonds is 6. The molecule has 18 heavy (non-hydrogen) atoms. The van der Waals surface area contributed by atoms with Gasteiger partial charge in [0.05, 0.1) is 12.2 Å². The highest BCUT2D eigenvalue weighted by Gasteiger charge is 2.38. The van der Waals surface area contributed by atoms with E-state index in [-0.39, 0.29) is 5.92 Å². The fourth-order valence-corrected chi connectivity index (χ4v) is 2.66. The second-order valence-corrected chi connectivity index (χ2v) is 5.17. The van der Waals surface area contributed by atoms with Gasteiger partial charge in [0.25, 0.3) is 0 Å². The lowest BCUT2D eigenvalue weighted by atomic mass is 9.87. The van der Waals surface area contributed by atoms with E-state index >= 15 is 0 Å². The van der Waals surface area contributed by atoms with Crippen LogP contribution in [0.4, 0.5) is 0 Å².